The molecule has 0 aliphatic carbocycles. The zero-order valence-corrected chi connectivity index (χ0v) is 11.3. The summed E-state index contributed by atoms with van der Waals surface area (Å²) in [7, 11) is 1.55. The fraction of sp³-hybridized carbons (Fsp3) is 0.500. The standard InChI is InChI=1S/C12H15BrN2O2/c1-17-11-7-14-5-4-10(11)12(16)15-6-2-3-9(13)8-15/h4-5,7,9H,2-3,6,8H2,1H3. The van der Waals surface area contributed by atoms with Gasteiger partial charge in [0.2, 0.25) is 0 Å². The van der Waals surface area contributed by atoms with Gasteiger partial charge in [0.1, 0.15) is 5.75 Å². The van der Waals surface area contributed by atoms with Gasteiger partial charge in [-0.15, -0.1) is 0 Å². The maximum Gasteiger partial charge on any atom is 0.257 e. The van der Waals surface area contributed by atoms with Gasteiger partial charge in [0, 0.05) is 24.1 Å². The largest absolute Gasteiger partial charge is 0.494 e. The first-order chi connectivity index (χ1) is 8.22. The Morgan fingerprint density at radius 3 is 3.18 bits per heavy atom. The molecule has 4 nitrogen and oxygen atoms in total. The number of carbonyl (C=O) groups excluding carboxylic acids is 1. The van der Waals surface area contributed by atoms with Gasteiger partial charge < -0.3 is 9.64 Å². The van der Waals surface area contributed by atoms with E-state index < -0.39 is 0 Å². The van der Waals surface area contributed by atoms with Gasteiger partial charge in [-0.2, -0.15) is 0 Å². The van der Waals surface area contributed by atoms with Crippen LogP contribution in [0.1, 0.15) is 23.2 Å². The second kappa shape index (κ2) is 5.49. The van der Waals surface area contributed by atoms with Crippen molar-refractivity contribution >= 4 is 21.8 Å². The van der Waals surface area contributed by atoms with Crippen LogP contribution in [0.15, 0.2) is 18.5 Å². The van der Waals surface area contributed by atoms with Gasteiger partial charge in [0.15, 0.2) is 0 Å². The molecule has 5 heteroatoms. The maximum absolute atomic E-state index is 12.3. The first-order valence-electron chi connectivity index (χ1n) is 5.63. The number of methoxy groups -OCH3 is 1. The van der Waals surface area contributed by atoms with Crippen molar-refractivity contribution in [1.29, 1.82) is 0 Å². The number of nitrogens with zero attached hydrogens (tertiary/aromatic N) is 2. The highest BCUT2D eigenvalue weighted by Gasteiger charge is 2.24. The predicted octanol–water partition coefficient (Wildman–Crippen LogP) is 2.09. The van der Waals surface area contributed by atoms with Gasteiger partial charge in [-0.05, 0) is 18.9 Å². The lowest BCUT2D eigenvalue weighted by atomic mass is 10.1. The molecule has 0 N–H and O–H groups in total. The lowest BCUT2D eigenvalue weighted by Gasteiger charge is -2.30. The third-order valence-electron chi connectivity index (χ3n) is 2.89. The molecule has 2 rings (SSSR count). The molecule has 0 aromatic carbocycles. The van der Waals surface area contributed by atoms with Gasteiger partial charge in [-0.25, -0.2) is 0 Å². The van der Waals surface area contributed by atoms with Gasteiger partial charge in [-0.1, -0.05) is 15.9 Å². The number of piperidine rings is 1. The minimum atomic E-state index is 0.0217. The molecule has 0 radical (unpaired) electrons. The second-order valence-electron chi connectivity index (χ2n) is 4.07. The molecule has 1 saturated heterocycles. The number of likely N-dealkylation sites (tertiary alicyclic amines) is 1. The van der Waals surface area contributed by atoms with Crippen molar-refractivity contribution < 1.29 is 9.53 Å². The average Bonchev–Trinajstić information content (AvgIpc) is 2.38. The zero-order valence-electron chi connectivity index (χ0n) is 9.73. The van der Waals surface area contributed by atoms with E-state index in [4.69, 9.17) is 4.74 Å². The summed E-state index contributed by atoms with van der Waals surface area (Å²) < 4.78 is 5.16. The summed E-state index contributed by atoms with van der Waals surface area (Å²) in [5.41, 5.74) is 0.587. The monoisotopic (exact) mass is 298 g/mol. The van der Waals surface area contributed by atoms with Gasteiger partial charge in [-0.3, -0.25) is 9.78 Å². The Labute approximate surface area is 109 Å². The predicted molar refractivity (Wildman–Crippen MR) is 68.6 cm³/mol. The number of hydrogen-bond donors (Lipinski definition) is 0. The highest BCUT2D eigenvalue weighted by atomic mass is 79.9. The fourth-order valence-electron chi connectivity index (χ4n) is 2.00. The third-order valence-corrected chi connectivity index (χ3v) is 3.63. The summed E-state index contributed by atoms with van der Waals surface area (Å²) in [5.74, 6) is 0.558. The summed E-state index contributed by atoms with van der Waals surface area (Å²) in [6.07, 6.45) is 5.35. The van der Waals surface area contributed by atoms with Gasteiger partial charge >= 0.3 is 0 Å². The molecule has 0 saturated carbocycles. The second-order valence-corrected chi connectivity index (χ2v) is 5.36. The van der Waals surface area contributed by atoms with Crippen molar-refractivity contribution in [3.05, 3.63) is 24.0 Å². The molecule has 1 aliphatic heterocycles. The molecule has 1 aliphatic rings. The molecule has 1 unspecified atom stereocenters. The van der Waals surface area contributed by atoms with Crippen LogP contribution in [0.3, 0.4) is 0 Å². The average molecular weight is 299 g/mol. The van der Waals surface area contributed by atoms with Crippen LogP contribution in [0, 0.1) is 0 Å². The molecule has 1 aromatic rings. The molecule has 17 heavy (non-hydrogen) atoms. The molecular formula is C12H15BrN2O2. The number of pyridine rings is 1. The van der Waals surface area contributed by atoms with Crippen molar-refractivity contribution in [3.63, 3.8) is 0 Å². The number of aromatic nitrogens is 1. The Hall–Kier alpha value is -1.10. The highest BCUT2D eigenvalue weighted by molar-refractivity contribution is 9.09. The SMILES string of the molecule is COc1cnccc1C(=O)N1CCCC(Br)C1. The molecular weight excluding hydrogens is 284 g/mol. The maximum atomic E-state index is 12.3. The quantitative estimate of drug-likeness (QED) is 0.785. The topological polar surface area (TPSA) is 42.4 Å². The number of amides is 1. The lowest BCUT2D eigenvalue weighted by Crippen LogP contribution is -2.40. The van der Waals surface area contributed by atoms with Crippen LogP contribution in [0.5, 0.6) is 5.75 Å². The molecule has 1 fully saturated rings. The Balaban J connectivity index is 2.18. The summed E-state index contributed by atoms with van der Waals surface area (Å²) in [5, 5.41) is 0. The van der Waals surface area contributed by atoms with Crippen molar-refractivity contribution in [3.8, 4) is 5.75 Å². The van der Waals surface area contributed by atoms with E-state index in [2.05, 4.69) is 20.9 Å². The van der Waals surface area contributed by atoms with E-state index in [0.717, 1.165) is 25.9 Å². The Bertz CT molecular complexity index is 411. The molecule has 2 heterocycles. The Kier molecular flexibility index (Phi) is 3.99. The van der Waals surface area contributed by atoms with E-state index in [1.807, 2.05) is 4.90 Å². The van der Waals surface area contributed by atoms with Gasteiger partial charge in [0.05, 0.1) is 18.9 Å². The van der Waals surface area contributed by atoms with E-state index in [0.29, 0.717) is 16.1 Å². The summed E-state index contributed by atoms with van der Waals surface area (Å²) in [6.45, 7) is 1.57. The number of hydrogen-bond acceptors (Lipinski definition) is 3. The Morgan fingerprint density at radius 1 is 1.65 bits per heavy atom. The highest BCUT2D eigenvalue weighted by Crippen LogP contribution is 2.22. The van der Waals surface area contributed by atoms with Crippen LogP contribution in [0.4, 0.5) is 0 Å². The molecule has 0 spiro atoms. The lowest BCUT2D eigenvalue weighted by molar-refractivity contribution is 0.0726. The van der Waals surface area contributed by atoms with E-state index in [-0.39, 0.29) is 5.91 Å². The van der Waals surface area contributed by atoms with Crippen LogP contribution in [-0.2, 0) is 0 Å². The summed E-state index contributed by atoms with van der Waals surface area (Å²) in [6, 6.07) is 1.71. The van der Waals surface area contributed by atoms with E-state index in [1.165, 1.54) is 0 Å². The molecule has 0 bridgehead atoms. The van der Waals surface area contributed by atoms with E-state index >= 15 is 0 Å². The molecule has 1 aromatic heterocycles. The fourth-order valence-corrected chi connectivity index (χ4v) is 2.67. The molecule has 92 valence electrons. The number of halogens is 1. The van der Waals surface area contributed by atoms with E-state index in [1.54, 1.807) is 25.6 Å². The van der Waals surface area contributed by atoms with Crippen LogP contribution in [-0.4, -0.2) is 40.8 Å². The first kappa shape index (κ1) is 12.4. The van der Waals surface area contributed by atoms with Crippen LogP contribution in [0.25, 0.3) is 0 Å². The number of rotatable bonds is 2. The minimum Gasteiger partial charge on any atom is -0.494 e. The van der Waals surface area contributed by atoms with E-state index in [9.17, 15) is 4.79 Å². The van der Waals surface area contributed by atoms with Crippen molar-refractivity contribution in [2.24, 2.45) is 0 Å². The van der Waals surface area contributed by atoms with Crippen LogP contribution >= 0.6 is 15.9 Å². The van der Waals surface area contributed by atoms with Crippen LogP contribution in [0.2, 0.25) is 0 Å². The summed E-state index contributed by atoms with van der Waals surface area (Å²) in [4.78, 5) is 18.5. The van der Waals surface area contributed by atoms with Crippen molar-refractivity contribution in [1.82, 2.24) is 9.88 Å². The number of alkyl halides is 1. The van der Waals surface area contributed by atoms with Gasteiger partial charge in [0.25, 0.3) is 5.91 Å². The first-order valence-corrected chi connectivity index (χ1v) is 6.55. The molecule has 1 amide bonds. The third kappa shape index (κ3) is 2.77. The smallest absolute Gasteiger partial charge is 0.257 e. The number of carbonyl (C=O) groups is 1. The Morgan fingerprint density at radius 2 is 2.47 bits per heavy atom. The number of ether oxygens (including phenoxy) is 1. The van der Waals surface area contributed by atoms with Crippen molar-refractivity contribution in [2.45, 2.75) is 17.7 Å². The van der Waals surface area contributed by atoms with Crippen molar-refractivity contribution in [2.75, 3.05) is 20.2 Å². The van der Waals surface area contributed by atoms with Crippen LogP contribution < -0.4 is 4.74 Å². The zero-order chi connectivity index (χ0) is 12.3. The molecule has 1 atom stereocenters. The minimum absolute atomic E-state index is 0.0217. The summed E-state index contributed by atoms with van der Waals surface area (Å²) >= 11 is 3.57. The normalized spacial score (nSPS) is 20.1.